The molecule has 1 atom stereocenters. The van der Waals surface area contributed by atoms with E-state index in [1.54, 1.807) is 0 Å². The van der Waals surface area contributed by atoms with Gasteiger partial charge in [-0.2, -0.15) is 0 Å². The maximum atomic E-state index is 11.1. The second-order valence-corrected chi connectivity index (χ2v) is 5.30. The van der Waals surface area contributed by atoms with Crippen LogP contribution in [0.4, 0.5) is 0 Å². The fourth-order valence-corrected chi connectivity index (χ4v) is 1.71. The number of nitrogens with two attached hydrogens (primary N) is 1. The molecule has 0 aliphatic carbocycles. The topological polar surface area (TPSA) is 63.3 Å². The first-order valence-corrected chi connectivity index (χ1v) is 5.23. The van der Waals surface area contributed by atoms with Crippen LogP contribution in [0, 0.1) is 5.41 Å². The summed E-state index contributed by atoms with van der Waals surface area (Å²) in [7, 11) is 0. The molecule has 0 spiro atoms. The molecule has 3 nitrogen and oxygen atoms in total. The Morgan fingerprint density at radius 2 is 1.86 bits per heavy atom. The van der Waals surface area contributed by atoms with Gasteiger partial charge in [-0.25, -0.2) is 0 Å². The van der Waals surface area contributed by atoms with Crippen LogP contribution < -0.4 is 5.73 Å². The molecule has 0 fully saturated rings. The van der Waals surface area contributed by atoms with Crippen LogP contribution in [0.15, 0.2) is 0 Å². The first kappa shape index (κ1) is 13.4. The summed E-state index contributed by atoms with van der Waals surface area (Å²) in [6.07, 6.45) is 2.95. The second kappa shape index (κ2) is 4.78. The molecule has 0 aromatic heterocycles. The Bertz CT molecular complexity index is 196. The number of unbranched alkanes of at least 4 members (excludes halogenated alkanes) is 1. The monoisotopic (exact) mass is 201 g/mol. The fourth-order valence-electron chi connectivity index (χ4n) is 1.71. The Labute approximate surface area is 86.7 Å². The number of hydrogen-bond acceptors (Lipinski definition) is 2. The van der Waals surface area contributed by atoms with Gasteiger partial charge in [0.1, 0.15) is 5.54 Å². The second-order valence-electron chi connectivity index (χ2n) is 5.30. The fraction of sp³-hybridized carbons (Fsp3) is 0.909. The van der Waals surface area contributed by atoms with Gasteiger partial charge in [0.15, 0.2) is 0 Å². The molecule has 3 N–H and O–H groups in total. The molecule has 0 unspecified atom stereocenters. The minimum Gasteiger partial charge on any atom is -0.480 e. The molecule has 0 aromatic rings. The Morgan fingerprint density at radius 3 is 2.14 bits per heavy atom. The Hall–Kier alpha value is -0.570. The molecular formula is C11H23NO2. The van der Waals surface area contributed by atoms with Crippen LogP contribution in [0.2, 0.25) is 0 Å². The molecule has 0 aromatic carbocycles. The number of carbonyl (C=O) groups is 1. The van der Waals surface area contributed by atoms with Crippen molar-refractivity contribution < 1.29 is 9.90 Å². The predicted molar refractivity (Wildman–Crippen MR) is 58.2 cm³/mol. The molecule has 14 heavy (non-hydrogen) atoms. The van der Waals surface area contributed by atoms with Crippen molar-refractivity contribution in [3.8, 4) is 0 Å². The van der Waals surface area contributed by atoms with Crippen molar-refractivity contribution in [2.24, 2.45) is 11.1 Å². The first-order chi connectivity index (χ1) is 6.21. The van der Waals surface area contributed by atoms with E-state index in [9.17, 15) is 4.79 Å². The number of rotatable bonds is 5. The highest BCUT2D eigenvalue weighted by atomic mass is 16.4. The number of hydrogen-bond donors (Lipinski definition) is 2. The summed E-state index contributed by atoms with van der Waals surface area (Å²) in [5.41, 5.74) is 4.83. The third-order valence-corrected chi connectivity index (χ3v) is 2.25. The van der Waals surface area contributed by atoms with Crippen molar-refractivity contribution >= 4 is 5.97 Å². The highest BCUT2D eigenvalue weighted by Crippen LogP contribution is 2.29. The predicted octanol–water partition coefficient (Wildman–Crippen LogP) is 2.39. The summed E-state index contributed by atoms with van der Waals surface area (Å²) >= 11 is 0. The van der Waals surface area contributed by atoms with Crippen LogP contribution in [-0.4, -0.2) is 16.6 Å². The minimum atomic E-state index is -1.05. The third kappa shape index (κ3) is 4.61. The summed E-state index contributed by atoms with van der Waals surface area (Å²) in [6, 6.07) is 0. The van der Waals surface area contributed by atoms with Gasteiger partial charge < -0.3 is 10.8 Å². The van der Waals surface area contributed by atoms with Gasteiger partial charge in [-0.1, -0.05) is 40.5 Å². The van der Waals surface area contributed by atoms with Crippen LogP contribution in [0.25, 0.3) is 0 Å². The Balaban J connectivity index is 4.48. The minimum absolute atomic E-state index is 0.0408. The smallest absolute Gasteiger partial charge is 0.323 e. The quantitative estimate of drug-likeness (QED) is 0.718. The lowest BCUT2D eigenvalue weighted by Crippen LogP contribution is -2.50. The van der Waals surface area contributed by atoms with Crippen molar-refractivity contribution in [3.05, 3.63) is 0 Å². The summed E-state index contributed by atoms with van der Waals surface area (Å²) < 4.78 is 0. The van der Waals surface area contributed by atoms with Gasteiger partial charge in [-0.05, 0) is 18.3 Å². The average Bonchev–Trinajstić information content (AvgIpc) is 1.97. The molecule has 0 rings (SSSR count). The molecule has 0 radical (unpaired) electrons. The molecule has 0 saturated heterocycles. The van der Waals surface area contributed by atoms with Gasteiger partial charge in [0.25, 0.3) is 0 Å². The van der Waals surface area contributed by atoms with E-state index in [-0.39, 0.29) is 5.41 Å². The van der Waals surface area contributed by atoms with E-state index in [0.717, 1.165) is 12.8 Å². The van der Waals surface area contributed by atoms with Gasteiger partial charge in [-0.3, -0.25) is 4.79 Å². The highest BCUT2D eigenvalue weighted by Gasteiger charge is 2.37. The normalized spacial score (nSPS) is 16.4. The lowest BCUT2D eigenvalue weighted by atomic mass is 9.78. The lowest BCUT2D eigenvalue weighted by molar-refractivity contribution is -0.145. The molecule has 0 saturated carbocycles. The molecule has 84 valence electrons. The zero-order valence-electron chi connectivity index (χ0n) is 9.76. The van der Waals surface area contributed by atoms with Crippen LogP contribution >= 0.6 is 0 Å². The number of carboxylic acids is 1. The molecule has 0 bridgehead atoms. The van der Waals surface area contributed by atoms with Crippen LogP contribution in [0.1, 0.15) is 53.4 Å². The van der Waals surface area contributed by atoms with Gasteiger partial charge in [-0.15, -0.1) is 0 Å². The lowest BCUT2D eigenvalue weighted by Gasteiger charge is -2.31. The maximum Gasteiger partial charge on any atom is 0.323 e. The zero-order valence-corrected chi connectivity index (χ0v) is 9.76. The Morgan fingerprint density at radius 1 is 1.36 bits per heavy atom. The van der Waals surface area contributed by atoms with E-state index in [0.29, 0.717) is 12.8 Å². The zero-order chi connectivity index (χ0) is 11.4. The summed E-state index contributed by atoms with van der Waals surface area (Å²) in [6.45, 7) is 8.09. The van der Waals surface area contributed by atoms with E-state index in [1.165, 1.54) is 0 Å². The molecule has 0 heterocycles. The molecule has 0 aliphatic rings. The van der Waals surface area contributed by atoms with Crippen molar-refractivity contribution in [2.75, 3.05) is 0 Å². The van der Waals surface area contributed by atoms with E-state index in [2.05, 4.69) is 0 Å². The van der Waals surface area contributed by atoms with E-state index in [4.69, 9.17) is 10.8 Å². The summed E-state index contributed by atoms with van der Waals surface area (Å²) in [4.78, 5) is 11.1. The van der Waals surface area contributed by atoms with Gasteiger partial charge in [0, 0.05) is 0 Å². The summed E-state index contributed by atoms with van der Waals surface area (Å²) in [5, 5.41) is 9.10. The van der Waals surface area contributed by atoms with E-state index in [1.807, 2.05) is 27.7 Å². The molecule has 0 aliphatic heterocycles. The SMILES string of the molecule is CCCC[C@@](N)(CC(C)(C)C)C(=O)O. The third-order valence-electron chi connectivity index (χ3n) is 2.25. The highest BCUT2D eigenvalue weighted by molar-refractivity contribution is 5.78. The van der Waals surface area contributed by atoms with Crippen LogP contribution in [0.5, 0.6) is 0 Å². The van der Waals surface area contributed by atoms with Crippen LogP contribution in [-0.2, 0) is 4.79 Å². The van der Waals surface area contributed by atoms with Crippen molar-refractivity contribution in [3.63, 3.8) is 0 Å². The van der Waals surface area contributed by atoms with E-state index >= 15 is 0 Å². The average molecular weight is 201 g/mol. The van der Waals surface area contributed by atoms with E-state index < -0.39 is 11.5 Å². The summed E-state index contributed by atoms with van der Waals surface area (Å²) in [5.74, 6) is -0.874. The maximum absolute atomic E-state index is 11.1. The van der Waals surface area contributed by atoms with Gasteiger partial charge in [0.2, 0.25) is 0 Å². The standard InChI is InChI=1S/C11H23NO2/c1-5-6-7-11(12,9(13)14)8-10(2,3)4/h5-8,12H2,1-4H3,(H,13,14)/t11-/m1/s1. The van der Waals surface area contributed by atoms with Crippen molar-refractivity contribution in [2.45, 2.75) is 58.9 Å². The molecule has 0 amide bonds. The number of carboxylic acid groups (broad SMARTS) is 1. The largest absolute Gasteiger partial charge is 0.480 e. The van der Waals surface area contributed by atoms with Crippen molar-refractivity contribution in [1.29, 1.82) is 0 Å². The van der Waals surface area contributed by atoms with Gasteiger partial charge in [0.05, 0.1) is 0 Å². The van der Waals surface area contributed by atoms with Gasteiger partial charge >= 0.3 is 5.97 Å². The number of aliphatic carboxylic acids is 1. The van der Waals surface area contributed by atoms with Crippen LogP contribution in [0.3, 0.4) is 0 Å². The first-order valence-electron chi connectivity index (χ1n) is 5.23. The van der Waals surface area contributed by atoms with Crippen molar-refractivity contribution in [1.82, 2.24) is 0 Å². The Kier molecular flexibility index (Phi) is 4.59. The molecular weight excluding hydrogens is 178 g/mol. The molecule has 3 heteroatoms.